The first kappa shape index (κ1) is 21.0. The van der Waals surface area contributed by atoms with E-state index in [2.05, 4.69) is 15.6 Å². The van der Waals surface area contributed by atoms with Gasteiger partial charge in [0.2, 0.25) is 0 Å². The van der Waals surface area contributed by atoms with E-state index in [1.807, 2.05) is 60.3 Å². The zero-order valence-corrected chi connectivity index (χ0v) is 17.8. The lowest BCUT2D eigenvalue weighted by Gasteiger charge is -2.15. The van der Waals surface area contributed by atoms with Gasteiger partial charge in [-0.25, -0.2) is 0 Å². The number of hydrogen-bond donors (Lipinski definition) is 1. The minimum atomic E-state index is -0.554. The van der Waals surface area contributed by atoms with Crippen LogP contribution in [0.5, 0.6) is 0 Å². The van der Waals surface area contributed by atoms with Gasteiger partial charge in [0, 0.05) is 18.1 Å². The standard InChI is InChI=1S/C22H22N6O4/c1-14-11-20(28(30)31)24-27(14)13-19-16(3)32-25-21(19)22(29)23-15(2)17-7-6-8-18(12-17)26-9-4-5-10-26/h4-12,15H,13H2,1-3H3,(H,23,29). The summed E-state index contributed by atoms with van der Waals surface area (Å²) in [4.78, 5) is 23.4. The highest BCUT2D eigenvalue weighted by Gasteiger charge is 2.25. The molecule has 1 unspecified atom stereocenters. The maximum absolute atomic E-state index is 13.0. The first-order valence-electron chi connectivity index (χ1n) is 10.0. The molecular weight excluding hydrogens is 412 g/mol. The molecular formula is C22H22N6O4. The van der Waals surface area contributed by atoms with Crippen LogP contribution in [0.15, 0.2) is 59.4 Å². The van der Waals surface area contributed by atoms with Crippen LogP contribution in [-0.2, 0) is 6.54 Å². The number of rotatable bonds is 7. The van der Waals surface area contributed by atoms with Gasteiger partial charge in [-0.15, -0.1) is 0 Å². The largest absolute Gasteiger partial charge is 0.390 e. The summed E-state index contributed by atoms with van der Waals surface area (Å²) >= 11 is 0. The highest BCUT2D eigenvalue weighted by molar-refractivity contribution is 5.94. The van der Waals surface area contributed by atoms with Crippen molar-refractivity contribution in [1.29, 1.82) is 0 Å². The SMILES string of the molecule is Cc1onc(C(=O)NC(C)c2cccc(-n3cccc3)c2)c1Cn1nc([N+](=O)[O-])cc1C. The number of amides is 1. The summed E-state index contributed by atoms with van der Waals surface area (Å²) in [6, 6.07) is 12.9. The number of nitro groups is 1. The van der Waals surface area contributed by atoms with Crippen LogP contribution in [0.2, 0.25) is 0 Å². The average molecular weight is 434 g/mol. The summed E-state index contributed by atoms with van der Waals surface area (Å²) in [6.45, 7) is 5.42. The summed E-state index contributed by atoms with van der Waals surface area (Å²) in [5, 5.41) is 21.9. The molecule has 1 atom stereocenters. The smallest absolute Gasteiger partial charge is 0.361 e. The molecule has 1 N–H and O–H groups in total. The topological polar surface area (TPSA) is 121 Å². The molecule has 10 nitrogen and oxygen atoms in total. The normalized spacial score (nSPS) is 12.0. The monoisotopic (exact) mass is 434 g/mol. The summed E-state index contributed by atoms with van der Waals surface area (Å²) in [7, 11) is 0. The number of carbonyl (C=O) groups is 1. The quantitative estimate of drug-likeness (QED) is 0.349. The maximum Gasteiger partial charge on any atom is 0.390 e. The van der Waals surface area contributed by atoms with E-state index in [-0.39, 0.29) is 24.1 Å². The van der Waals surface area contributed by atoms with Crippen LogP contribution in [-0.4, -0.2) is 30.3 Å². The molecule has 3 aromatic heterocycles. The van der Waals surface area contributed by atoms with Crippen molar-refractivity contribution in [3.8, 4) is 5.69 Å². The Labute approximate surface area is 183 Å². The predicted molar refractivity (Wildman–Crippen MR) is 116 cm³/mol. The number of hydrogen-bond acceptors (Lipinski definition) is 6. The Bertz CT molecular complexity index is 1270. The molecule has 3 heterocycles. The fourth-order valence-electron chi connectivity index (χ4n) is 3.46. The average Bonchev–Trinajstić information content (AvgIpc) is 3.50. The van der Waals surface area contributed by atoms with Crippen molar-refractivity contribution in [1.82, 2.24) is 24.8 Å². The van der Waals surface area contributed by atoms with Gasteiger partial charge in [-0.2, -0.15) is 4.68 Å². The first-order valence-corrected chi connectivity index (χ1v) is 10.0. The predicted octanol–water partition coefficient (Wildman–Crippen LogP) is 3.73. The molecule has 164 valence electrons. The van der Waals surface area contributed by atoms with Gasteiger partial charge in [-0.3, -0.25) is 4.79 Å². The molecule has 0 aliphatic heterocycles. The lowest BCUT2D eigenvalue weighted by atomic mass is 10.1. The van der Waals surface area contributed by atoms with Gasteiger partial charge in [0.1, 0.15) is 5.76 Å². The van der Waals surface area contributed by atoms with Gasteiger partial charge in [-0.05, 0) is 55.5 Å². The molecule has 0 radical (unpaired) electrons. The van der Waals surface area contributed by atoms with Gasteiger partial charge >= 0.3 is 5.82 Å². The van der Waals surface area contributed by atoms with Crippen LogP contribution in [0, 0.1) is 24.0 Å². The fourth-order valence-corrected chi connectivity index (χ4v) is 3.46. The Hall–Kier alpha value is -4.21. The lowest BCUT2D eigenvalue weighted by molar-refractivity contribution is -0.389. The minimum absolute atomic E-state index is 0.133. The molecule has 0 bridgehead atoms. The van der Waals surface area contributed by atoms with Crippen molar-refractivity contribution in [3.05, 3.63) is 93.2 Å². The second-order valence-corrected chi connectivity index (χ2v) is 7.51. The maximum atomic E-state index is 13.0. The van der Waals surface area contributed by atoms with Crippen molar-refractivity contribution >= 4 is 11.7 Å². The van der Waals surface area contributed by atoms with E-state index in [0.29, 0.717) is 17.0 Å². The van der Waals surface area contributed by atoms with Crippen LogP contribution in [0.3, 0.4) is 0 Å². The van der Waals surface area contributed by atoms with Crippen LogP contribution in [0.1, 0.15) is 46.0 Å². The Morgan fingerprint density at radius 1 is 1.22 bits per heavy atom. The van der Waals surface area contributed by atoms with Crippen molar-refractivity contribution < 1.29 is 14.2 Å². The Morgan fingerprint density at radius 2 is 1.97 bits per heavy atom. The van der Waals surface area contributed by atoms with Crippen molar-refractivity contribution in [2.45, 2.75) is 33.4 Å². The van der Waals surface area contributed by atoms with Crippen LogP contribution in [0.4, 0.5) is 5.82 Å². The van der Waals surface area contributed by atoms with Crippen LogP contribution in [0.25, 0.3) is 5.69 Å². The number of aryl methyl sites for hydroxylation is 2. The Kier molecular flexibility index (Phi) is 5.59. The summed E-state index contributed by atoms with van der Waals surface area (Å²) in [5.74, 6) is -0.191. The molecule has 0 fully saturated rings. The third-order valence-corrected chi connectivity index (χ3v) is 5.28. The Morgan fingerprint density at radius 3 is 2.66 bits per heavy atom. The van der Waals surface area contributed by atoms with E-state index < -0.39 is 10.8 Å². The lowest BCUT2D eigenvalue weighted by Crippen LogP contribution is -2.28. The molecule has 4 aromatic rings. The van der Waals surface area contributed by atoms with Crippen molar-refractivity contribution in [2.75, 3.05) is 0 Å². The molecule has 0 aliphatic rings. The first-order chi connectivity index (χ1) is 15.3. The van der Waals surface area contributed by atoms with Gasteiger partial charge in [-0.1, -0.05) is 17.3 Å². The molecule has 0 spiro atoms. The van der Waals surface area contributed by atoms with E-state index >= 15 is 0 Å². The fraction of sp³-hybridized carbons (Fsp3) is 0.227. The van der Waals surface area contributed by atoms with E-state index in [0.717, 1.165) is 11.3 Å². The number of nitrogens with zero attached hydrogens (tertiary/aromatic N) is 5. The molecule has 32 heavy (non-hydrogen) atoms. The number of nitrogens with one attached hydrogen (secondary N) is 1. The summed E-state index contributed by atoms with van der Waals surface area (Å²) in [6.07, 6.45) is 3.91. The highest BCUT2D eigenvalue weighted by atomic mass is 16.6. The van der Waals surface area contributed by atoms with Gasteiger partial charge < -0.3 is 24.5 Å². The number of benzene rings is 1. The van der Waals surface area contributed by atoms with Gasteiger partial charge in [0.25, 0.3) is 5.91 Å². The van der Waals surface area contributed by atoms with Crippen molar-refractivity contribution in [3.63, 3.8) is 0 Å². The highest BCUT2D eigenvalue weighted by Crippen LogP contribution is 2.21. The van der Waals surface area contributed by atoms with E-state index in [9.17, 15) is 14.9 Å². The molecule has 0 saturated heterocycles. The Balaban J connectivity index is 1.53. The number of carbonyl (C=O) groups excluding carboxylic acids is 1. The molecule has 0 aliphatic carbocycles. The van der Waals surface area contributed by atoms with Gasteiger partial charge in [0.15, 0.2) is 5.69 Å². The third kappa shape index (κ3) is 4.15. The molecule has 1 amide bonds. The molecule has 1 aromatic carbocycles. The summed E-state index contributed by atoms with van der Waals surface area (Å²) < 4.78 is 8.69. The zero-order valence-electron chi connectivity index (χ0n) is 17.8. The second kappa shape index (κ2) is 8.50. The third-order valence-electron chi connectivity index (χ3n) is 5.28. The van der Waals surface area contributed by atoms with Crippen LogP contribution < -0.4 is 5.32 Å². The van der Waals surface area contributed by atoms with Gasteiger partial charge in [0.05, 0.1) is 35.0 Å². The molecule has 4 rings (SSSR count). The van der Waals surface area contributed by atoms with E-state index in [1.54, 1.807) is 13.8 Å². The van der Waals surface area contributed by atoms with Crippen LogP contribution >= 0.6 is 0 Å². The summed E-state index contributed by atoms with van der Waals surface area (Å²) in [5.41, 5.74) is 3.18. The minimum Gasteiger partial charge on any atom is -0.361 e. The zero-order chi connectivity index (χ0) is 22.8. The number of aromatic nitrogens is 4. The second-order valence-electron chi connectivity index (χ2n) is 7.51. The van der Waals surface area contributed by atoms with E-state index in [1.165, 1.54) is 10.7 Å². The molecule has 10 heteroatoms. The van der Waals surface area contributed by atoms with E-state index in [4.69, 9.17) is 4.52 Å². The van der Waals surface area contributed by atoms with Crippen molar-refractivity contribution in [2.24, 2.45) is 0 Å². The molecule has 0 saturated carbocycles.